The van der Waals surface area contributed by atoms with Gasteiger partial charge in [0, 0.05) is 12.1 Å². The molecule has 0 aliphatic heterocycles. The van der Waals surface area contributed by atoms with E-state index >= 15 is 0 Å². The number of carbonyl (C=O) groups is 1. The molecule has 0 saturated heterocycles. The third-order valence-corrected chi connectivity index (χ3v) is 6.08. The summed E-state index contributed by atoms with van der Waals surface area (Å²) >= 11 is 0. The van der Waals surface area contributed by atoms with Gasteiger partial charge in [0.05, 0.1) is 25.1 Å². The standard InChI is InChI=1S/C25H28N2O4S/c1-4-31-24-8-6-5-7-23(24)27(32(3,29)30)18-21-13-15-22(16-14-21)25(28)26-17-20-11-9-19(2)10-12-20/h5-16H,4,17-18H2,1-3H3,(H,26,28). The summed E-state index contributed by atoms with van der Waals surface area (Å²) in [5.74, 6) is 0.325. The molecule has 1 amide bonds. The molecule has 0 aliphatic rings. The van der Waals surface area contributed by atoms with E-state index in [0.29, 0.717) is 30.2 Å². The minimum Gasteiger partial charge on any atom is -0.492 e. The first-order valence-corrected chi connectivity index (χ1v) is 12.2. The minimum absolute atomic E-state index is 0.133. The molecule has 0 unspecified atom stereocenters. The monoisotopic (exact) mass is 452 g/mol. The Morgan fingerprint density at radius 1 is 0.938 bits per heavy atom. The van der Waals surface area contributed by atoms with E-state index in [0.717, 1.165) is 11.1 Å². The highest BCUT2D eigenvalue weighted by atomic mass is 32.2. The van der Waals surface area contributed by atoms with Gasteiger partial charge in [-0.25, -0.2) is 8.42 Å². The lowest BCUT2D eigenvalue weighted by molar-refractivity contribution is 0.0951. The predicted molar refractivity (Wildman–Crippen MR) is 127 cm³/mol. The van der Waals surface area contributed by atoms with Gasteiger partial charge in [-0.05, 0) is 49.2 Å². The van der Waals surface area contributed by atoms with Crippen LogP contribution in [0.4, 0.5) is 5.69 Å². The van der Waals surface area contributed by atoms with E-state index in [-0.39, 0.29) is 12.5 Å². The first-order valence-electron chi connectivity index (χ1n) is 10.4. The molecule has 3 aromatic carbocycles. The third-order valence-electron chi connectivity index (χ3n) is 4.95. The molecule has 3 rings (SSSR count). The van der Waals surface area contributed by atoms with E-state index in [2.05, 4.69) is 5.32 Å². The molecule has 0 heterocycles. The minimum atomic E-state index is -3.55. The number of para-hydroxylation sites is 2. The summed E-state index contributed by atoms with van der Waals surface area (Å²) in [6.45, 7) is 4.88. The van der Waals surface area contributed by atoms with Gasteiger partial charge < -0.3 is 10.1 Å². The van der Waals surface area contributed by atoms with Crippen molar-refractivity contribution in [2.24, 2.45) is 0 Å². The molecule has 3 aromatic rings. The van der Waals surface area contributed by atoms with E-state index in [1.165, 1.54) is 16.1 Å². The number of hydrogen-bond donors (Lipinski definition) is 1. The zero-order chi connectivity index (χ0) is 23.1. The topological polar surface area (TPSA) is 75.7 Å². The summed E-state index contributed by atoms with van der Waals surface area (Å²) < 4.78 is 32.0. The number of ether oxygens (including phenoxy) is 1. The molecule has 32 heavy (non-hydrogen) atoms. The normalized spacial score (nSPS) is 11.1. The van der Waals surface area contributed by atoms with Crippen molar-refractivity contribution in [3.05, 3.63) is 95.1 Å². The molecule has 0 saturated carbocycles. The maximum Gasteiger partial charge on any atom is 0.251 e. The Labute approximate surface area is 189 Å². The van der Waals surface area contributed by atoms with Crippen molar-refractivity contribution in [2.45, 2.75) is 26.9 Å². The first kappa shape index (κ1) is 23.3. The zero-order valence-electron chi connectivity index (χ0n) is 18.5. The van der Waals surface area contributed by atoms with Crippen molar-refractivity contribution in [3.63, 3.8) is 0 Å². The van der Waals surface area contributed by atoms with Gasteiger partial charge in [0.1, 0.15) is 5.75 Å². The highest BCUT2D eigenvalue weighted by molar-refractivity contribution is 7.92. The van der Waals surface area contributed by atoms with Gasteiger partial charge in [-0.15, -0.1) is 0 Å². The van der Waals surface area contributed by atoms with Crippen LogP contribution in [0.2, 0.25) is 0 Å². The Bertz CT molecular complexity index is 1160. The van der Waals surface area contributed by atoms with Crippen molar-refractivity contribution in [1.82, 2.24) is 5.32 Å². The number of nitrogens with one attached hydrogen (secondary N) is 1. The summed E-state index contributed by atoms with van der Waals surface area (Å²) in [6, 6.07) is 22.0. The van der Waals surface area contributed by atoms with Crippen LogP contribution in [0.25, 0.3) is 0 Å². The van der Waals surface area contributed by atoms with Crippen LogP contribution in [0.5, 0.6) is 5.75 Å². The molecule has 0 fully saturated rings. The lowest BCUT2D eigenvalue weighted by Crippen LogP contribution is -2.29. The van der Waals surface area contributed by atoms with Crippen LogP contribution in [-0.4, -0.2) is 27.2 Å². The summed E-state index contributed by atoms with van der Waals surface area (Å²) in [5, 5.41) is 2.90. The molecular formula is C25H28N2O4S. The molecule has 7 heteroatoms. The van der Waals surface area contributed by atoms with Crippen LogP contribution in [-0.2, 0) is 23.1 Å². The predicted octanol–water partition coefficient (Wildman–Crippen LogP) is 4.29. The third kappa shape index (κ3) is 6.11. The second-order valence-electron chi connectivity index (χ2n) is 7.54. The van der Waals surface area contributed by atoms with Crippen LogP contribution in [0.1, 0.15) is 34.0 Å². The Morgan fingerprint density at radius 3 is 2.19 bits per heavy atom. The number of amides is 1. The quantitative estimate of drug-likeness (QED) is 0.526. The Hall–Kier alpha value is -3.32. The number of benzene rings is 3. The summed E-state index contributed by atoms with van der Waals surface area (Å²) in [5.41, 5.74) is 3.95. The molecule has 0 radical (unpaired) electrons. The number of sulfonamides is 1. The Kier molecular flexibility index (Phi) is 7.53. The fourth-order valence-corrected chi connectivity index (χ4v) is 4.13. The number of hydrogen-bond acceptors (Lipinski definition) is 4. The summed E-state index contributed by atoms with van der Waals surface area (Å²) in [6.07, 6.45) is 1.17. The maximum absolute atomic E-state index is 12.5. The van der Waals surface area contributed by atoms with E-state index in [4.69, 9.17) is 4.74 Å². The number of anilines is 1. The van der Waals surface area contributed by atoms with Crippen molar-refractivity contribution >= 4 is 21.6 Å². The molecule has 168 valence electrons. The van der Waals surface area contributed by atoms with Gasteiger partial charge in [0.25, 0.3) is 5.91 Å². The number of aryl methyl sites for hydroxylation is 1. The fraction of sp³-hybridized carbons (Fsp3) is 0.240. The number of rotatable bonds is 9. The fourth-order valence-electron chi connectivity index (χ4n) is 3.24. The molecule has 6 nitrogen and oxygen atoms in total. The van der Waals surface area contributed by atoms with E-state index in [1.54, 1.807) is 48.5 Å². The van der Waals surface area contributed by atoms with Gasteiger partial charge in [-0.2, -0.15) is 0 Å². The maximum atomic E-state index is 12.5. The molecule has 0 aromatic heterocycles. The highest BCUT2D eigenvalue weighted by Crippen LogP contribution is 2.31. The van der Waals surface area contributed by atoms with Crippen LogP contribution < -0.4 is 14.4 Å². The van der Waals surface area contributed by atoms with E-state index in [9.17, 15) is 13.2 Å². The average molecular weight is 453 g/mol. The van der Waals surface area contributed by atoms with Crippen molar-refractivity contribution < 1.29 is 17.9 Å². The van der Waals surface area contributed by atoms with E-state index < -0.39 is 10.0 Å². The number of nitrogens with zero attached hydrogens (tertiary/aromatic N) is 1. The highest BCUT2D eigenvalue weighted by Gasteiger charge is 2.21. The molecule has 0 aliphatic carbocycles. The molecule has 0 atom stereocenters. The second kappa shape index (κ2) is 10.3. The van der Waals surface area contributed by atoms with Crippen molar-refractivity contribution in [3.8, 4) is 5.75 Å². The van der Waals surface area contributed by atoms with Crippen molar-refractivity contribution in [2.75, 3.05) is 17.2 Å². The van der Waals surface area contributed by atoms with Gasteiger partial charge in [0.15, 0.2) is 0 Å². The van der Waals surface area contributed by atoms with Gasteiger partial charge in [-0.1, -0.05) is 54.1 Å². The van der Waals surface area contributed by atoms with Crippen LogP contribution in [0.15, 0.2) is 72.8 Å². The number of carbonyl (C=O) groups excluding carboxylic acids is 1. The largest absolute Gasteiger partial charge is 0.492 e. The molecule has 0 spiro atoms. The van der Waals surface area contributed by atoms with Crippen LogP contribution in [0.3, 0.4) is 0 Å². The molecule has 1 N–H and O–H groups in total. The average Bonchev–Trinajstić information content (AvgIpc) is 2.77. The van der Waals surface area contributed by atoms with Gasteiger partial charge >= 0.3 is 0 Å². The van der Waals surface area contributed by atoms with Gasteiger partial charge in [0.2, 0.25) is 10.0 Å². The van der Waals surface area contributed by atoms with Crippen LogP contribution in [0, 0.1) is 6.92 Å². The second-order valence-corrected chi connectivity index (χ2v) is 9.44. The first-order chi connectivity index (χ1) is 15.3. The lowest BCUT2D eigenvalue weighted by Gasteiger charge is -2.24. The summed E-state index contributed by atoms with van der Waals surface area (Å²) in [7, 11) is -3.55. The lowest BCUT2D eigenvalue weighted by atomic mass is 10.1. The van der Waals surface area contributed by atoms with Gasteiger partial charge in [-0.3, -0.25) is 9.10 Å². The van der Waals surface area contributed by atoms with Crippen LogP contribution >= 0.6 is 0 Å². The zero-order valence-corrected chi connectivity index (χ0v) is 19.4. The Balaban J connectivity index is 1.72. The summed E-state index contributed by atoms with van der Waals surface area (Å²) in [4.78, 5) is 12.5. The van der Waals surface area contributed by atoms with E-state index in [1.807, 2.05) is 38.1 Å². The smallest absolute Gasteiger partial charge is 0.251 e. The molecular weight excluding hydrogens is 424 g/mol. The molecule has 0 bridgehead atoms. The SMILES string of the molecule is CCOc1ccccc1N(Cc1ccc(C(=O)NCc2ccc(C)cc2)cc1)S(C)(=O)=O. The Morgan fingerprint density at radius 2 is 1.56 bits per heavy atom. The van der Waals surface area contributed by atoms with Crippen molar-refractivity contribution in [1.29, 1.82) is 0 Å².